The van der Waals surface area contributed by atoms with E-state index in [1.807, 2.05) is 0 Å². The standard InChI is InChI=1S/C8H12N4/c1-2-9-5-7(1)12-8-6-10-3-4-11-8/h3-4,6-7,9H,1-2,5H2,(H,11,12). The van der Waals surface area contributed by atoms with E-state index < -0.39 is 0 Å². The lowest BCUT2D eigenvalue weighted by atomic mass is 10.3. The summed E-state index contributed by atoms with van der Waals surface area (Å²) in [4.78, 5) is 8.12. The van der Waals surface area contributed by atoms with Crippen LogP contribution in [0.25, 0.3) is 0 Å². The maximum Gasteiger partial charge on any atom is 0.144 e. The quantitative estimate of drug-likeness (QED) is 0.658. The third-order valence-electron chi connectivity index (χ3n) is 1.98. The summed E-state index contributed by atoms with van der Waals surface area (Å²) in [6.45, 7) is 2.12. The molecule has 1 aromatic heterocycles. The third kappa shape index (κ3) is 1.71. The van der Waals surface area contributed by atoms with Gasteiger partial charge in [0.2, 0.25) is 0 Å². The molecule has 1 aliphatic heterocycles. The molecule has 0 spiro atoms. The first kappa shape index (κ1) is 7.49. The van der Waals surface area contributed by atoms with Crippen molar-refractivity contribution in [2.24, 2.45) is 0 Å². The van der Waals surface area contributed by atoms with E-state index in [1.165, 1.54) is 0 Å². The van der Waals surface area contributed by atoms with Gasteiger partial charge in [0.25, 0.3) is 0 Å². The molecule has 64 valence electrons. The molecule has 0 amide bonds. The van der Waals surface area contributed by atoms with E-state index in [1.54, 1.807) is 18.6 Å². The lowest BCUT2D eigenvalue weighted by Gasteiger charge is -2.10. The van der Waals surface area contributed by atoms with Crippen molar-refractivity contribution in [2.45, 2.75) is 12.5 Å². The Morgan fingerprint density at radius 1 is 1.50 bits per heavy atom. The van der Waals surface area contributed by atoms with Gasteiger partial charge in [-0.05, 0) is 13.0 Å². The molecule has 1 fully saturated rings. The predicted molar refractivity (Wildman–Crippen MR) is 46.9 cm³/mol. The van der Waals surface area contributed by atoms with Gasteiger partial charge in [-0.2, -0.15) is 0 Å². The van der Waals surface area contributed by atoms with Crippen LogP contribution < -0.4 is 10.6 Å². The van der Waals surface area contributed by atoms with Crippen LogP contribution in [0.3, 0.4) is 0 Å². The highest BCUT2D eigenvalue weighted by molar-refractivity contribution is 5.31. The summed E-state index contributed by atoms with van der Waals surface area (Å²) in [6, 6.07) is 0.515. The van der Waals surface area contributed by atoms with Crippen LogP contribution in [0.15, 0.2) is 18.6 Å². The first-order valence-electron chi connectivity index (χ1n) is 4.18. The zero-order chi connectivity index (χ0) is 8.23. The van der Waals surface area contributed by atoms with Crippen molar-refractivity contribution < 1.29 is 0 Å². The Labute approximate surface area is 71.4 Å². The molecule has 0 bridgehead atoms. The summed E-state index contributed by atoms with van der Waals surface area (Å²) in [7, 11) is 0. The molecule has 0 saturated carbocycles. The minimum absolute atomic E-state index is 0.515. The number of anilines is 1. The molecule has 2 N–H and O–H groups in total. The van der Waals surface area contributed by atoms with E-state index >= 15 is 0 Å². The summed E-state index contributed by atoms with van der Waals surface area (Å²) in [6.07, 6.45) is 6.29. The van der Waals surface area contributed by atoms with E-state index in [2.05, 4.69) is 20.6 Å². The Bertz CT molecular complexity index is 230. The van der Waals surface area contributed by atoms with Crippen molar-refractivity contribution in [3.8, 4) is 0 Å². The van der Waals surface area contributed by atoms with E-state index in [0.29, 0.717) is 6.04 Å². The molecule has 2 heterocycles. The maximum atomic E-state index is 4.14. The molecule has 0 aromatic carbocycles. The number of nitrogens with one attached hydrogen (secondary N) is 2. The zero-order valence-corrected chi connectivity index (χ0v) is 6.83. The minimum Gasteiger partial charge on any atom is -0.365 e. The second-order valence-corrected chi connectivity index (χ2v) is 2.92. The van der Waals surface area contributed by atoms with E-state index in [-0.39, 0.29) is 0 Å². The maximum absolute atomic E-state index is 4.14. The van der Waals surface area contributed by atoms with Gasteiger partial charge in [0.05, 0.1) is 6.20 Å². The number of hydrogen-bond acceptors (Lipinski definition) is 4. The molecule has 0 aliphatic carbocycles. The molecule has 1 unspecified atom stereocenters. The Morgan fingerprint density at radius 3 is 3.17 bits per heavy atom. The first-order chi connectivity index (χ1) is 5.95. The molecule has 1 aliphatic rings. The highest BCUT2D eigenvalue weighted by Gasteiger charge is 2.13. The van der Waals surface area contributed by atoms with Gasteiger partial charge < -0.3 is 10.6 Å². The molecule has 1 aromatic rings. The third-order valence-corrected chi connectivity index (χ3v) is 1.98. The van der Waals surface area contributed by atoms with Gasteiger partial charge >= 0.3 is 0 Å². The smallest absolute Gasteiger partial charge is 0.144 e. The van der Waals surface area contributed by atoms with Crippen LogP contribution in [-0.4, -0.2) is 29.1 Å². The highest BCUT2D eigenvalue weighted by atomic mass is 15.1. The monoisotopic (exact) mass is 164 g/mol. The number of aromatic nitrogens is 2. The van der Waals surface area contributed by atoms with Gasteiger partial charge in [0.15, 0.2) is 0 Å². The van der Waals surface area contributed by atoms with Crippen molar-refractivity contribution in [3.05, 3.63) is 18.6 Å². The average Bonchev–Trinajstić information content (AvgIpc) is 2.59. The fourth-order valence-electron chi connectivity index (χ4n) is 1.36. The Hall–Kier alpha value is -1.16. The number of rotatable bonds is 2. The summed E-state index contributed by atoms with van der Waals surface area (Å²) in [5.41, 5.74) is 0. The van der Waals surface area contributed by atoms with Gasteiger partial charge in [0.1, 0.15) is 5.82 Å². The van der Waals surface area contributed by atoms with Gasteiger partial charge in [-0.1, -0.05) is 0 Å². The Morgan fingerprint density at radius 2 is 2.50 bits per heavy atom. The summed E-state index contributed by atoms with van der Waals surface area (Å²) in [5, 5.41) is 6.59. The molecule has 12 heavy (non-hydrogen) atoms. The molecule has 1 atom stereocenters. The van der Waals surface area contributed by atoms with Crippen molar-refractivity contribution in [2.75, 3.05) is 18.4 Å². The second kappa shape index (κ2) is 3.49. The van der Waals surface area contributed by atoms with Crippen molar-refractivity contribution in [1.29, 1.82) is 0 Å². The fourth-order valence-corrected chi connectivity index (χ4v) is 1.36. The van der Waals surface area contributed by atoms with Gasteiger partial charge in [-0.15, -0.1) is 0 Å². The molecule has 4 heteroatoms. The number of nitrogens with zero attached hydrogens (tertiary/aromatic N) is 2. The van der Waals surface area contributed by atoms with E-state index in [0.717, 1.165) is 25.3 Å². The fraction of sp³-hybridized carbons (Fsp3) is 0.500. The predicted octanol–water partition coefficient (Wildman–Crippen LogP) is 0.250. The minimum atomic E-state index is 0.515. The normalized spacial score (nSPS) is 22.5. The summed E-state index contributed by atoms with van der Waals surface area (Å²) in [5.74, 6) is 0.867. The van der Waals surface area contributed by atoms with E-state index in [9.17, 15) is 0 Å². The van der Waals surface area contributed by atoms with Crippen LogP contribution in [-0.2, 0) is 0 Å². The summed E-state index contributed by atoms with van der Waals surface area (Å²) < 4.78 is 0. The van der Waals surface area contributed by atoms with Crippen LogP contribution in [0.1, 0.15) is 6.42 Å². The summed E-state index contributed by atoms with van der Waals surface area (Å²) >= 11 is 0. The Kier molecular flexibility index (Phi) is 2.18. The number of hydrogen-bond donors (Lipinski definition) is 2. The first-order valence-corrected chi connectivity index (χ1v) is 4.18. The van der Waals surface area contributed by atoms with Gasteiger partial charge in [-0.3, -0.25) is 4.98 Å². The molecule has 1 saturated heterocycles. The largest absolute Gasteiger partial charge is 0.365 e. The average molecular weight is 164 g/mol. The molecular formula is C8H12N4. The molecule has 4 nitrogen and oxygen atoms in total. The topological polar surface area (TPSA) is 49.8 Å². The van der Waals surface area contributed by atoms with Crippen LogP contribution in [0.5, 0.6) is 0 Å². The van der Waals surface area contributed by atoms with E-state index in [4.69, 9.17) is 0 Å². The lowest BCUT2D eigenvalue weighted by Crippen LogP contribution is -2.22. The van der Waals surface area contributed by atoms with Crippen LogP contribution in [0.4, 0.5) is 5.82 Å². The lowest BCUT2D eigenvalue weighted by molar-refractivity contribution is 0.786. The van der Waals surface area contributed by atoms with Crippen molar-refractivity contribution in [1.82, 2.24) is 15.3 Å². The zero-order valence-electron chi connectivity index (χ0n) is 6.83. The second-order valence-electron chi connectivity index (χ2n) is 2.92. The van der Waals surface area contributed by atoms with Gasteiger partial charge in [0, 0.05) is 25.0 Å². The molecule has 0 radical (unpaired) electrons. The van der Waals surface area contributed by atoms with Gasteiger partial charge in [-0.25, -0.2) is 4.98 Å². The van der Waals surface area contributed by atoms with Crippen LogP contribution in [0, 0.1) is 0 Å². The van der Waals surface area contributed by atoms with Crippen molar-refractivity contribution >= 4 is 5.82 Å². The van der Waals surface area contributed by atoms with Crippen LogP contribution in [0.2, 0.25) is 0 Å². The van der Waals surface area contributed by atoms with Crippen molar-refractivity contribution in [3.63, 3.8) is 0 Å². The van der Waals surface area contributed by atoms with Crippen LogP contribution >= 0.6 is 0 Å². The SMILES string of the molecule is c1cnc(NC2CCNC2)cn1. The Balaban J connectivity index is 1.94. The highest BCUT2D eigenvalue weighted by Crippen LogP contribution is 2.05. The molecular weight excluding hydrogens is 152 g/mol. The molecule has 2 rings (SSSR count).